The summed E-state index contributed by atoms with van der Waals surface area (Å²) in [5, 5.41) is 4.36. The molecule has 1 fully saturated rings. The average molecular weight is 365 g/mol. The van der Waals surface area contributed by atoms with Gasteiger partial charge in [0, 0.05) is 18.0 Å². The van der Waals surface area contributed by atoms with E-state index in [1.807, 2.05) is 13.0 Å². The molecule has 0 spiro atoms. The second kappa shape index (κ2) is 6.36. The van der Waals surface area contributed by atoms with Crippen molar-refractivity contribution >= 4 is 32.9 Å². The monoisotopic (exact) mass is 364 g/mol. The molecule has 5 nitrogen and oxygen atoms in total. The molecule has 3 rings (SSSR count). The molecule has 6 heteroatoms. The van der Waals surface area contributed by atoms with Crippen LogP contribution in [0.25, 0.3) is 11.0 Å². The summed E-state index contributed by atoms with van der Waals surface area (Å²) in [6.45, 7) is 4.69. The molecule has 0 aromatic carbocycles. The first-order valence-electron chi connectivity index (χ1n) is 7.94. The van der Waals surface area contributed by atoms with Gasteiger partial charge in [0.15, 0.2) is 0 Å². The highest BCUT2D eigenvalue weighted by molar-refractivity contribution is 9.10. The molecule has 1 aliphatic rings. The molecule has 0 radical (unpaired) electrons. The first-order valence-corrected chi connectivity index (χ1v) is 8.73. The van der Waals surface area contributed by atoms with Crippen LogP contribution in [0.5, 0.6) is 0 Å². The predicted molar refractivity (Wildman–Crippen MR) is 92.4 cm³/mol. The zero-order chi connectivity index (χ0) is 15.7. The van der Waals surface area contributed by atoms with Gasteiger partial charge in [-0.2, -0.15) is 4.98 Å². The van der Waals surface area contributed by atoms with Crippen LogP contribution in [0.4, 0.5) is 5.95 Å². The highest BCUT2D eigenvalue weighted by atomic mass is 79.9. The standard InChI is InChI=1S/C16H21BrN4O/c1-3-8-21-14-12(9-13(17)15(21)22)10(2)18-16(20-14)19-11-6-4-5-7-11/h9,11H,3-8H2,1-2H3,(H,18,19,20). The molecular formula is C16H21BrN4O. The van der Waals surface area contributed by atoms with Gasteiger partial charge in [-0.3, -0.25) is 9.36 Å². The van der Waals surface area contributed by atoms with Crippen LogP contribution >= 0.6 is 15.9 Å². The normalized spacial score (nSPS) is 15.6. The van der Waals surface area contributed by atoms with Gasteiger partial charge < -0.3 is 5.32 Å². The predicted octanol–water partition coefficient (Wildman–Crippen LogP) is 3.63. The van der Waals surface area contributed by atoms with E-state index in [4.69, 9.17) is 0 Å². The molecule has 22 heavy (non-hydrogen) atoms. The Morgan fingerprint density at radius 1 is 1.36 bits per heavy atom. The summed E-state index contributed by atoms with van der Waals surface area (Å²) in [5.41, 5.74) is 1.60. The van der Waals surface area contributed by atoms with Crippen LogP contribution in [-0.2, 0) is 6.54 Å². The highest BCUT2D eigenvalue weighted by Crippen LogP contribution is 2.23. The third-order valence-corrected chi connectivity index (χ3v) is 4.80. The molecular weight excluding hydrogens is 344 g/mol. The number of hydrogen-bond donors (Lipinski definition) is 1. The van der Waals surface area contributed by atoms with Crippen molar-refractivity contribution in [3.8, 4) is 0 Å². The third kappa shape index (κ3) is 2.89. The Kier molecular flexibility index (Phi) is 4.47. The number of hydrogen-bond acceptors (Lipinski definition) is 4. The summed E-state index contributed by atoms with van der Waals surface area (Å²) in [6.07, 6.45) is 5.75. The van der Waals surface area contributed by atoms with E-state index < -0.39 is 0 Å². The fraction of sp³-hybridized carbons (Fsp3) is 0.562. The topological polar surface area (TPSA) is 59.8 Å². The zero-order valence-corrected chi connectivity index (χ0v) is 14.6. The Bertz CT molecular complexity index is 750. The van der Waals surface area contributed by atoms with Crippen molar-refractivity contribution in [2.45, 2.75) is 58.5 Å². The number of nitrogens with zero attached hydrogens (tertiary/aromatic N) is 3. The minimum Gasteiger partial charge on any atom is -0.351 e. The van der Waals surface area contributed by atoms with E-state index >= 15 is 0 Å². The van der Waals surface area contributed by atoms with Gasteiger partial charge in [-0.15, -0.1) is 0 Å². The number of pyridine rings is 1. The lowest BCUT2D eigenvalue weighted by Gasteiger charge is -2.15. The van der Waals surface area contributed by atoms with Crippen molar-refractivity contribution < 1.29 is 0 Å². The molecule has 1 aliphatic carbocycles. The molecule has 1 saturated carbocycles. The summed E-state index contributed by atoms with van der Waals surface area (Å²) >= 11 is 3.36. The van der Waals surface area contributed by atoms with E-state index in [0.717, 1.165) is 23.1 Å². The van der Waals surface area contributed by atoms with E-state index in [1.54, 1.807) is 4.57 Å². The minimum atomic E-state index is -0.0285. The maximum atomic E-state index is 12.4. The van der Waals surface area contributed by atoms with Gasteiger partial charge >= 0.3 is 0 Å². The van der Waals surface area contributed by atoms with Crippen LogP contribution in [0.1, 0.15) is 44.7 Å². The van der Waals surface area contributed by atoms with Crippen LogP contribution in [0.15, 0.2) is 15.3 Å². The molecule has 0 saturated heterocycles. The molecule has 2 aromatic heterocycles. The van der Waals surface area contributed by atoms with Gasteiger partial charge in [-0.1, -0.05) is 19.8 Å². The number of rotatable bonds is 4. The maximum absolute atomic E-state index is 12.4. The lowest BCUT2D eigenvalue weighted by Crippen LogP contribution is -2.23. The number of fused-ring (bicyclic) bond motifs is 1. The SMILES string of the molecule is CCCn1c(=O)c(Br)cc2c(C)nc(NC3CCCC3)nc21. The molecule has 2 heterocycles. The van der Waals surface area contributed by atoms with Crippen LogP contribution in [0.3, 0.4) is 0 Å². The summed E-state index contributed by atoms with van der Waals surface area (Å²) in [4.78, 5) is 21.6. The van der Waals surface area contributed by atoms with Crippen LogP contribution < -0.4 is 10.9 Å². The molecule has 118 valence electrons. The molecule has 0 amide bonds. The fourth-order valence-electron chi connectivity index (χ4n) is 3.10. The zero-order valence-electron chi connectivity index (χ0n) is 13.0. The van der Waals surface area contributed by atoms with Crippen molar-refractivity contribution in [1.82, 2.24) is 14.5 Å². The fourth-order valence-corrected chi connectivity index (χ4v) is 3.55. The molecule has 0 unspecified atom stereocenters. The Morgan fingerprint density at radius 3 is 2.77 bits per heavy atom. The highest BCUT2D eigenvalue weighted by Gasteiger charge is 2.17. The number of aryl methyl sites for hydroxylation is 2. The van der Waals surface area contributed by atoms with Crippen molar-refractivity contribution in [2.75, 3.05) is 5.32 Å². The molecule has 0 aliphatic heterocycles. The van der Waals surface area contributed by atoms with Gasteiger partial charge in [0.1, 0.15) is 5.65 Å². The number of nitrogens with one attached hydrogen (secondary N) is 1. The summed E-state index contributed by atoms with van der Waals surface area (Å²) in [7, 11) is 0. The molecule has 0 atom stereocenters. The number of anilines is 1. The first kappa shape index (κ1) is 15.5. The van der Waals surface area contributed by atoms with Gasteiger partial charge in [0.05, 0.1) is 10.2 Å². The lowest BCUT2D eigenvalue weighted by molar-refractivity contribution is 0.667. The van der Waals surface area contributed by atoms with Crippen molar-refractivity contribution in [3.05, 3.63) is 26.6 Å². The quantitative estimate of drug-likeness (QED) is 0.899. The lowest BCUT2D eigenvalue weighted by atomic mass is 10.2. The second-order valence-corrected chi connectivity index (χ2v) is 6.80. The molecule has 0 bridgehead atoms. The van der Waals surface area contributed by atoms with Gasteiger partial charge in [-0.05, 0) is 48.2 Å². The van der Waals surface area contributed by atoms with Crippen LogP contribution in [-0.4, -0.2) is 20.6 Å². The smallest absolute Gasteiger partial charge is 0.266 e. The molecule has 1 N–H and O–H groups in total. The van der Waals surface area contributed by atoms with Crippen molar-refractivity contribution in [2.24, 2.45) is 0 Å². The van der Waals surface area contributed by atoms with Crippen molar-refractivity contribution in [3.63, 3.8) is 0 Å². The van der Waals surface area contributed by atoms with Crippen molar-refractivity contribution in [1.29, 1.82) is 0 Å². The van der Waals surface area contributed by atoms with E-state index in [0.29, 0.717) is 23.0 Å². The molecule has 2 aromatic rings. The summed E-state index contributed by atoms with van der Waals surface area (Å²) in [5.74, 6) is 0.642. The Hall–Kier alpha value is -1.43. The summed E-state index contributed by atoms with van der Waals surface area (Å²) < 4.78 is 2.31. The minimum absolute atomic E-state index is 0.0285. The van der Waals surface area contributed by atoms with Gasteiger partial charge in [-0.25, -0.2) is 4.98 Å². The van der Waals surface area contributed by atoms with E-state index in [-0.39, 0.29) is 5.56 Å². The maximum Gasteiger partial charge on any atom is 0.266 e. The van der Waals surface area contributed by atoms with E-state index in [1.165, 1.54) is 25.7 Å². The van der Waals surface area contributed by atoms with E-state index in [9.17, 15) is 4.79 Å². The average Bonchev–Trinajstić information content (AvgIpc) is 2.98. The largest absolute Gasteiger partial charge is 0.351 e. The second-order valence-electron chi connectivity index (χ2n) is 5.94. The number of halogens is 1. The van der Waals surface area contributed by atoms with Crippen LogP contribution in [0, 0.1) is 6.92 Å². The Balaban J connectivity index is 2.11. The summed E-state index contributed by atoms with van der Waals surface area (Å²) in [6, 6.07) is 2.29. The van der Waals surface area contributed by atoms with Gasteiger partial charge in [0.2, 0.25) is 5.95 Å². The van der Waals surface area contributed by atoms with Gasteiger partial charge in [0.25, 0.3) is 5.56 Å². The van der Waals surface area contributed by atoms with E-state index in [2.05, 4.69) is 38.1 Å². The van der Waals surface area contributed by atoms with Crippen LogP contribution in [0.2, 0.25) is 0 Å². The third-order valence-electron chi connectivity index (χ3n) is 4.23. The first-order chi connectivity index (χ1) is 10.6. The Morgan fingerprint density at radius 2 is 2.09 bits per heavy atom. The number of aromatic nitrogens is 3. The Labute approximate surface area is 138 Å².